The van der Waals surface area contributed by atoms with Crippen molar-refractivity contribution >= 4 is 15.9 Å². The van der Waals surface area contributed by atoms with Gasteiger partial charge in [0, 0.05) is 41.8 Å². The Hall–Kier alpha value is -1.13. The number of hydrogen-bond acceptors (Lipinski definition) is 2. The molecule has 0 saturated carbocycles. The van der Waals surface area contributed by atoms with Crippen LogP contribution >= 0.6 is 15.9 Å². The molecule has 0 aliphatic carbocycles. The van der Waals surface area contributed by atoms with E-state index >= 15 is 0 Å². The Morgan fingerprint density at radius 1 is 1.37 bits per heavy atom. The van der Waals surface area contributed by atoms with Gasteiger partial charge < -0.3 is 9.88 Å². The number of nitrogens with zero attached hydrogens (tertiary/aromatic N) is 2. The molecule has 0 bridgehead atoms. The molecule has 2 aromatic heterocycles. The minimum Gasteiger partial charge on any atom is -0.346 e. The second-order valence-electron chi connectivity index (χ2n) is 5.16. The summed E-state index contributed by atoms with van der Waals surface area (Å²) in [6, 6.07) is 6.37. The highest BCUT2D eigenvalue weighted by Crippen LogP contribution is 2.12. The number of rotatable bonds is 6. The molecule has 0 unspecified atom stereocenters. The molecule has 3 nitrogen and oxygen atoms in total. The fourth-order valence-corrected chi connectivity index (χ4v) is 2.40. The lowest BCUT2D eigenvalue weighted by Crippen LogP contribution is -2.20. The van der Waals surface area contributed by atoms with E-state index in [1.165, 1.54) is 11.3 Å². The van der Waals surface area contributed by atoms with E-state index in [2.05, 4.69) is 69.0 Å². The minimum atomic E-state index is 0.678. The topological polar surface area (TPSA) is 29.9 Å². The molecule has 102 valence electrons. The van der Waals surface area contributed by atoms with Crippen molar-refractivity contribution in [3.63, 3.8) is 0 Å². The summed E-state index contributed by atoms with van der Waals surface area (Å²) in [4.78, 5) is 4.20. The number of pyridine rings is 1. The van der Waals surface area contributed by atoms with E-state index in [0.717, 1.165) is 24.1 Å². The molecule has 0 amide bonds. The third-order valence-corrected chi connectivity index (χ3v) is 3.33. The molecule has 0 aromatic carbocycles. The second kappa shape index (κ2) is 6.87. The molecule has 0 fully saturated rings. The van der Waals surface area contributed by atoms with Gasteiger partial charge in [0.25, 0.3) is 0 Å². The molecule has 19 heavy (non-hydrogen) atoms. The summed E-state index contributed by atoms with van der Waals surface area (Å²) in [5.74, 6) is 0.678. The maximum atomic E-state index is 4.20. The van der Waals surface area contributed by atoms with Gasteiger partial charge in [-0.3, -0.25) is 4.98 Å². The Bertz CT molecular complexity index is 520. The maximum Gasteiger partial charge on any atom is 0.0489 e. The van der Waals surface area contributed by atoms with E-state index in [4.69, 9.17) is 0 Å². The average Bonchev–Trinajstić information content (AvgIpc) is 2.76. The third-order valence-electron chi connectivity index (χ3n) is 2.90. The first-order valence-corrected chi connectivity index (χ1v) is 7.38. The van der Waals surface area contributed by atoms with Crippen LogP contribution in [-0.4, -0.2) is 16.1 Å². The zero-order valence-electron chi connectivity index (χ0n) is 11.4. The SMILES string of the molecule is CC(C)CNCc1cccn1Cc1cncc(Br)c1. The van der Waals surface area contributed by atoms with E-state index in [-0.39, 0.29) is 0 Å². The van der Waals surface area contributed by atoms with Crippen LogP contribution in [0.25, 0.3) is 0 Å². The van der Waals surface area contributed by atoms with Crippen molar-refractivity contribution in [2.75, 3.05) is 6.54 Å². The first-order valence-electron chi connectivity index (χ1n) is 6.59. The number of hydrogen-bond donors (Lipinski definition) is 1. The van der Waals surface area contributed by atoms with Crippen LogP contribution in [0.15, 0.2) is 41.3 Å². The van der Waals surface area contributed by atoms with Crippen molar-refractivity contribution < 1.29 is 0 Å². The van der Waals surface area contributed by atoms with Gasteiger partial charge in [-0.25, -0.2) is 0 Å². The van der Waals surface area contributed by atoms with Crippen LogP contribution in [0.1, 0.15) is 25.1 Å². The normalized spacial score (nSPS) is 11.2. The lowest BCUT2D eigenvalue weighted by Gasteiger charge is -2.11. The fraction of sp³-hybridized carbons (Fsp3) is 0.400. The fourth-order valence-electron chi connectivity index (χ4n) is 1.99. The van der Waals surface area contributed by atoms with Gasteiger partial charge >= 0.3 is 0 Å². The Morgan fingerprint density at radius 2 is 2.21 bits per heavy atom. The van der Waals surface area contributed by atoms with Crippen LogP contribution in [0.2, 0.25) is 0 Å². The Labute approximate surface area is 123 Å². The first kappa shape index (κ1) is 14.3. The second-order valence-corrected chi connectivity index (χ2v) is 6.08. The summed E-state index contributed by atoms with van der Waals surface area (Å²) in [6.07, 6.45) is 5.84. The van der Waals surface area contributed by atoms with E-state index in [1.807, 2.05) is 12.4 Å². The lowest BCUT2D eigenvalue weighted by molar-refractivity contribution is 0.539. The largest absolute Gasteiger partial charge is 0.346 e. The molecule has 2 heterocycles. The predicted molar refractivity (Wildman–Crippen MR) is 82.0 cm³/mol. The molecule has 2 rings (SSSR count). The number of aromatic nitrogens is 2. The molecule has 1 N–H and O–H groups in total. The molecule has 0 aliphatic rings. The summed E-state index contributed by atoms with van der Waals surface area (Å²) in [5.41, 5.74) is 2.51. The van der Waals surface area contributed by atoms with Crippen LogP contribution in [0, 0.1) is 5.92 Å². The zero-order valence-corrected chi connectivity index (χ0v) is 13.0. The standard InChI is InChI=1S/C15H20BrN3/c1-12(2)7-17-10-15-4-3-5-19(15)11-13-6-14(16)9-18-8-13/h3-6,8-9,12,17H,7,10-11H2,1-2H3. The van der Waals surface area contributed by atoms with Crippen LogP contribution in [0.3, 0.4) is 0 Å². The lowest BCUT2D eigenvalue weighted by atomic mass is 10.2. The molecule has 0 saturated heterocycles. The average molecular weight is 322 g/mol. The van der Waals surface area contributed by atoms with Gasteiger partial charge in [-0.15, -0.1) is 0 Å². The highest BCUT2D eigenvalue weighted by atomic mass is 79.9. The molecular formula is C15H20BrN3. The molecule has 0 radical (unpaired) electrons. The summed E-state index contributed by atoms with van der Waals surface area (Å²) in [6.45, 7) is 7.26. The quantitative estimate of drug-likeness (QED) is 0.883. The summed E-state index contributed by atoms with van der Waals surface area (Å²) in [5, 5.41) is 3.48. The number of nitrogens with one attached hydrogen (secondary N) is 1. The van der Waals surface area contributed by atoms with Crippen molar-refractivity contribution in [2.24, 2.45) is 5.92 Å². The van der Waals surface area contributed by atoms with Crippen LogP contribution < -0.4 is 5.32 Å². The van der Waals surface area contributed by atoms with E-state index in [1.54, 1.807) is 0 Å². The van der Waals surface area contributed by atoms with Gasteiger partial charge in [-0.1, -0.05) is 13.8 Å². The molecular weight excluding hydrogens is 302 g/mol. The predicted octanol–water partition coefficient (Wildman–Crippen LogP) is 3.44. The number of halogens is 1. The van der Waals surface area contributed by atoms with Gasteiger partial charge in [0.15, 0.2) is 0 Å². The van der Waals surface area contributed by atoms with Crippen molar-refractivity contribution in [3.05, 3.63) is 52.5 Å². The van der Waals surface area contributed by atoms with E-state index in [0.29, 0.717) is 5.92 Å². The van der Waals surface area contributed by atoms with E-state index in [9.17, 15) is 0 Å². The van der Waals surface area contributed by atoms with Crippen LogP contribution in [0.4, 0.5) is 0 Å². The van der Waals surface area contributed by atoms with Crippen molar-refractivity contribution in [2.45, 2.75) is 26.9 Å². The van der Waals surface area contributed by atoms with Crippen LogP contribution in [0.5, 0.6) is 0 Å². The summed E-state index contributed by atoms with van der Waals surface area (Å²) < 4.78 is 3.29. The third kappa shape index (κ3) is 4.48. The summed E-state index contributed by atoms with van der Waals surface area (Å²) in [7, 11) is 0. The highest BCUT2D eigenvalue weighted by Gasteiger charge is 2.03. The highest BCUT2D eigenvalue weighted by molar-refractivity contribution is 9.10. The van der Waals surface area contributed by atoms with Crippen molar-refractivity contribution in [1.29, 1.82) is 0 Å². The monoisotopic (exact) mass is 321 g/mol. The van der Waals surface area contributed by atoms with Gasteiger partial charge in [0.1, 0.15) is 0 Å². The van der Waals surface area contributed by atoms with Gasteiger partial charge in [-0.2, -0.15) is 0 Å². The zero-order chi connectivity index (χ0) is 13.7. The smallest absolute Gasteiger partial charge is 0.0489 e. The molecule has 2 aromatic rings. The van der Waals surface area contributed by atoms with Gasteiger partial charge in [-0.05, 0) is 52.2 Å². The maximum absolute atomic E-state index is 4.20. The summed E-state index contributed by atoms with van der Waals surface area (Å²) >= 11 is 3.46. The Balaban J connectivity index is 1.99. The van der Waals surface area contributed by atoms with Gasteiger partial charge in [0.05, 0.1) is 0 Å². The molecule has 0 spiro atoms. The molecule has 0 aliphatic heterocycles. The Morgan fingerprint density at radius 3 is 2.95 bits per heavy atom. The van der Waals surface area contributed by atoms with Crippen LogP contribution in [-0.2, 0) is 13.1 Å². The van der Waals surface area contributed by atoms with Crippen molar-refractivity contribution in [3.8, 4) is 0 Å². The molecule has 0 atom stereocenters. The molecule has 4 heteroatoms. The van der Waals surface area contributed by atoms with Gasteiger partial charge in [0.2, 0.25) is 0 Å². The van der Waals surface area contributed by atoms with Crippen molar-refractivity contribution in [1.82, 2.24) is 14.9 Å². The first-order chi connectivity index (χ1) is 9.15. The Kier molecular flexibility index (Phi) is 5.16. The minimum absolute atomic E-state index is 0.678. The van der Waals surface area contributed by atoms with E-state index < -0.39 is 0 Å².